The van der Waals surface area contributed by atoms with E-state index in [1.807, 2.05) is 30.3 Å². The van der Waals surface area contributed by atoms with Crippen LogP contribution in [0, 0.1) is 0 Å². The van der Waals surface area contributed by atoms with E-state index in [0.717, 1.165) is 16.9 Å². The van der Waals surface area contributed by atoms with Crippen molar-refractivity contribution in [2.75, 3.05) is 13.2 Å². The van der Waals surface area contributed by atoms with E-state index in [-0.39, 0.29) is 18.3 Å². The van der Waals surface area contributed by atoms with E-state index >= 15 is 0 Å². The molecule has 0 bridgehead atoms. The van der Waals surface area contributed by atoms with Gasteiger partial charge in [-0.15, -0.1) is 11.3 Å². The predicted molar refractivity (Wildman–Crippen MR) is 87.8 cm³/mol. The summed E-state index contributed by atoms with van der Waals surface area (Å²) in [6.07, 6.45) is 0.716. The van der Waals surface area contributed by atoms with Crippen LogP contribution >= 0.6 is 11.3 Å². The number of amides is 1. The molecule has 1 aromatic carbocycles. The standard InChI is InChI=1S/C17H17NO4S/c1-12(19)14-7-8-15(23-14)17(21)22-11-16(20)18-10-9-13-5-3-2-4-6-13/h2-8H,9-11H2,1H3,(H,18,20). The number of ether oxygens (including phenoxy) is 1. The van der Waals surface area contributed by atoms with E-state index in [9.17, 15) is 14.4 Å². The molecule has 0 spiro atoms. The van der Waals surface area contributed by atoms with Crippen LogP contribution in [-0.4, -0.2) is 30.8 Å². The fourth-order valence-corrected chi connectivity index (χ4v) is 2.68. The van der Waals surface area contributed by atoms with Gasteiger partial charge >= 0.3 is 5.97 Å². The summed E-state index contributed by atoms with van der Waals surface area (Å²) >= 11 is 1.06. The lowest BCUT2D eigenvalue weighted by Crippen LogP contribution is -2.30. The number of nitrogens with one attached hydrogen (secondary N) is 1. The van der Waals surface area contributed by atoms with E-state index in [1.165, 1.54) is 13.0 Å². The van der Waals surface area contributed by atoms with Gasteiger partial charge in [0.2, 0.25) is 0 Å². The summed E-state index contributed by atoms with van der Waals surface area (Å²) in [5.74, 6) is -1.05. The third kappa shape index (κ3) is 5.34. The molecule has 0 atom stereocenters. The Kier molecular flexibility index (Phi) is 6.05. The first-order chi connectivity index (χ1) is 11.1. The highest BCUT2D eigenvalue weighted by Gasteiger charge is 2.14. The number of Topliss-reactive ketones (excluding diaryl/α,β-unsaturated/α-hetero) is 1. The van der Waals surface area contributed by atoms with Crippen LogP contribution in [0.5, 0.6) is 0 Å². The van der Waals surface area contributed by atoms with Gasteiger partial charge in [0.15, 0.2) is 12.4 Å². The number of benzene rings is 1. The lowest BCUT2D eigenvalue weighted by Gasteiger charge is -2.06. The summed E-state index contributed by atoms with van der Waals surface area (Å²) in [6, 6.07) is 12.9. The molecule has 0 saturated heterocycles. The van der Waals surface area contributed by atoms with Crippen molar-refractivity contribution < 1.29 is 19.1 Å². The van der Waals surface area contributed by atoms with Crippen LogP contribution in [0.2, 0.25) is 0 Å². The SMILES string of the molecule is CC(=O)c1ccc(C(=O)OCC(=O)NCCc2ccccc2)s1. The molecule has 2 rings (SSSR count). The number of rotatable bonds is 7. The highest BCUT2D eigenvalue weighted by molar-refractivity contribution is 7.15. The molecule has 1 N–H and O–H groups in total. The van der Waals surface area contributed by atoms with Gasteiger partial charge in [0.25, 0.3) is 5.91 Å². The first-order valence-corrected chi connectivity index (χ1v) is 7.96. The lowest BCUT2D eigenvalue weighted by atomic mass is 10.1. The second-order valence-electron chi connectivity index (χ2n) is 4.88. The quantitative estimate of drug-likeness (QED) is 0.625. The maximum Gasteiger partial charge on any atom is 0.348 e. The first-order valence-electron chi connectivity index (χ1n) is 7.15. The van der Waals surface area contributed by atoms with Gasteiger partial charge in [0.05, 0.1) is 4.88 Å². The Morgan fingerprint density at radius 2 is 1.74 bits per heavy atom. The van der Waals surface area contributed by atoms with Gasteiger partial charge < -0.3 is 10.1 Å². The summed E-state index contributed by atoms with van der Waals surface area (Å²) in [7, 11) is 0. The van der Waals surface area contributed by atoms with Gasteiger partial charge in [0, 0.05) is 6.54 Å². The molecule has 1 aromatic heterocycles. The number of esters is 1. The van der Waals surface area contributed by atoms with Crippen LogP contribution < -0.4 is 5.32 Å². The van der Waals surface area contributed by atoms with E-state index in [0.29, 0.717) is 22.7 Å². The monoisotopic (exact) mass is 331 g/mol. The molecule has 0 aliphatic rings. The van der Waals surface area contributed by atoms with E-state index in [2.05, 4.69) is 5.32 Å². The third-order valence-electron chi connectivity index (χ3n) is 3.07. The van der Waals surface area contributed by atoms with Gasteiger partial charge in [-0.3, -0.25) is 9.59 Å². The maximum atomic E-state index is 11.8. The van der Waals surface area contributed by atoms with Crippen LogP contribution in [0.3, 0.4) is 0 Å². The number of hydrogen-bond acceptors (Lipinski definition) is 5. The van der Waals surface area contributed by atoms with Gasteiger partial charge in [-0.1, -0.05) is 30.3 Å². The summed E-state index contributed by atoms with van der Waals surface area (Å²) in [6.45, 7) is 1.58. The van der Waals surface area contributed by atoms with Crippen molar-refractivity contribution in [3.63, 3.8) is 0 Å². The minimum absolute atomic E-state index is 0.104. The first kappa shape index (κ1) is 16.9. The highest BCUT2D eigenvalue weighted by Crippen LogP contribution is 2.17. The molecule has 2 aromatic rings. The molecule has 0 unspecified atom stereocenters. The van der Waals surface area contributed by atoms with Gasteiger partial charge in [-0.05, 0) is 31.0 Å². The van der Waals surface area contributed by atoms with E-state index in [4.69, 9.17) is 4.74 Å². The number of carbonyl (C=O) groups excluding carboxylic acids is 3. The molecular weight excluding hydrogens is 314 g/mol. The van der Waals surface area contributed by atoms with Gasteiger partial charge in [0.1, 0.15) is 4.88 Å². The van der Waals surface area contributed by atoms with Crippen molar-refractivity contribution in [2.24, 2.45) is 0 Å². The molecule has 0 fully saturated rings. The predicted octanol–water partition coefficient (Wildman–Crippen LogP) is 2.47. The zero-order chi connectivity index (χ0) is 16.7. The Balaban J connectivity index is 1.71. The average Bonchev–Trinajstić information content (AvgIpc) is 3.04. The molecular formula is C17H17NO4S. The van der Waals surface area contributed by atoms with Crippen LogP contribution in [-0.2, 0) is 16.0 Å². The zero-order valence-corrected chi connectivity index (χ0v) is 13.5. The molecule has 6 heteroatoms. The van der Waals surface area contributed by atoms with Crippen LogP contribution in [0.15, 0.2) is 42.5 Å². The number of thiophene rings is 1. The number of carbonyl (C=O) groups is 3. The molecule has 5 nitrogen and oxygen atoms in total. The summed E-state index contributed by atoms with van der Waals surface area (Å²) < 4.78 is 4.93. The summed E-state index contributed by atoms with van der Waals surface area (Å²) in [5, 5.41) is 2.69. The van der Waals surface area contributed by atoms with Gasteiger partial charge in [-0.2, -0.15) is 0 Å². The highest BCUT2D eigenvalue weighted by atomic mass is 32.1. The fourth-order valence-electron chi connectivity index (χ4n) is 1.88. The average molecular weight is 331 g/mol. The van der Waals surface area contributed by atoms with Gasteiger partial charge in [-0.25, -0.2) is 4.79 Å². The molecule has 0 aliphatic heterocycles. The second kappa shape index (κ2) is 8.24. The van der Waals surface area contributed by atoms with Crippen molar-refractivity contribution in [2.45, 2.75) is 13.3 Å². The van der Waals surface area contributed by atoms with Crippen molar-refractivity contribution in [1.29, 1.82) is 0 Å². The van der Waals surface area contributed by atoms with Crippen LogP contribution in [0.1, 0.15) is 31.8 Å². The van der Waals surface area contributed by atoms with Crippen molar-refractivity contribution in [1.82, 2.24) is 5.32 Å². The Bertz CT molecular complexity index is 694. The van der Waals surface area contributed by atoms with Crippen molar-refractivity contribution in [3.05, 3.63) is 57.8 Å². The number of ketones is 1. The van der Waals surface area contributed by atoms with Crippen LogP contribution in [0.25, 0.3) is 0 Å². The minimum atomic E-state index is -0.597. The molecule has 120 valence electrons. The van der Waals surface area contributed by atoms with E-state index < -0.39 is 5.97 Å². The van der Waals surface area contributed by atoms with Crippen molar-refractivity contribution >= 4 is 29.0 Å². The molecule has 0 aliphatic carbocycles. The Morgan fingerprint density at radius 3 is 2.39 bits per heavy atom. The normalized spacial score (nSPS) is 10.1. The Morgan fingerprint density at radius 1 is 1.04 bits per heavy atom. The Labute approximate surface area is 138 Å². The smallest absolute Gasteiger partial charge is 0.348 e. The minimum Gasteiger partial charge on any atom is -0.451 e. The second-order valence-corrected chi connectivity index (χ2v) is 5.97. The third-order valence-corrected chi connectivity index (χ3v) is 4.23. The molecule has 1 heterocycles. The van der Waals surface area contributed by atoms with E-state index in [1.54, 1.807) is 6.07 Å². The molecule has 0 radical (unpaired) electrons. The molecule has 0 saturated carbocycles. The van der Waals surface area contributed by atoms with Crippen molar-refractivity contribution in [3.8, 4) is 0 Å². The number of hydrogen-bond donors (Lipinski definition) is 1. The fraction of sp³-hybridized carbons (Fsp3) is 0.235. The lowest BCUT2D eigenvalue weighted by molar-refractivity contribution is -0.124. The maximum absolute atomic E-state index is 11.8. The molecule has 23 heavy (non-hydrogen) atoms. The largest absolute Gasteiger partial charge is 0.451 e. The molecule has 1 amide bonds. The zero-order valence-electron chi connectivity index (χ0n) is 12.7. The Hall–Kier alpha value is -2.47. The topological polar surface area (TPSA) is 72.5 Å². The summed E-state index contributed by atoms with van der Waals surface area (Å²) in [4.78, 5) is 35.4. The summed E-state index contributed by atoms with van der Waals surface area (Å²) in [5.41, 5.74) is 1.13. The van der Waals surface area contributed by atoms with Crippen LogP contribution in [0.4, 0.5) is 0 Å².